The molecule has 2 rings (SSSR count). The maximum Gasteiger partial charge on any atom is 0.215 e. The Morgan fingerprint density at radius 1 is 1.39 bits per heavy atom. The normalized spacial score (nSPS) is 18.0. The zero-order valence-electron chi connectivity index (χ0n) is 10.3. The highest BCUT2D eigenvalue weighted by molar-refractivity contribution is 7.99. The first-order chi connectivity index (χ1) is 8.68. The van der Waals surface area contributed by atoms with E-state index in [2.05, 4.69) is 10.3 Å². The van der Waals surface area contributed by atoms with Gasteiger partial charge in [-0.05, 0) is 11.6 Å². The van der Waals surface area contributed by atoms with Crippen molar-refractivity contribution in [3.05, 3.63) is 24.0 Å². The number of H-pyrrole nitrogens is 1. The fourth-order valence-corrected chi connectivity index (χ4v) is 4.39. The molecule has 2 heterocycles. The van der Waals surface area contributed by atoms with Gasteiger partial charge in [-0.15, -0.1) is 0 Å². The number of nitrogens with one attached hydrogen (secondary N) is 2. The highest BCUT2D eigenvalue weighted by atomic mass is 32.2. The Hall–Kier alpha value is -0.500. The van der Waals surface area contributed by atoms with E-state index in [0.29, 0.717) is 26.2 Å². The van der Waals surface area contributed by atoms with Crippen LogP contribution in [0.15, 0.2) is 18.5 Å². The van der Waals surface area contributed by atoms with Gasteiger partial charge in [0.05, 0.1) is 5.75 Å². The summed E-state index contributed by atoms with van der Waals surface area (Å²) in [5.41, 5.74) is 1.14. The number of hydrogen-bond donors (Lipinski definition) is 2. The molecule has 0 bridgehead atoms. The highest BCUT2D eigenvalue weighted by Crippen LogP contribution is 2.12. The second-order valence-electron chi connectivity index (χ2n) is 4.22. The van der Waals surface area contributed by atoms with Gasteiger partial charge in [-0.25, -0.2) is 12.7 Å². The minimum Gasteiger partial charge on any atom is -0.367 e. The molecule has 1 saturated heterocycles. The van der Waals surface area contributed by atoms with Gasteiger partial charge < -0.3 is 10.3 Å². The van der Waals surface area contributed by atoms with Crippen molar-refractivity contribution in [2.75, 3.05) is 36.9 Å². The Kier molecular flexibility index (Phi) is 5.11. The summed E-state index contributed by atoms with van der Waals surface area (Å²) >= 11 is 1.82. The van der Waals surface area contributed by atoms with Crippen molar-refractivity contribution in [3.63, 3.8) is 0 Å². The van der Waals surface area contributed by atoms with Gasteiger partial charge in [-0.2, -0.15) is 11.8 Å². The van der Waals surface area contributed by atoms with Gasteiger partial charge in [0.25, 0.3) is 0 Å². The van der Waals surface area contributed by atoms with E-state index in [0.717, 1.165) is 17.1 Å². The molecule has 0 amide bonds. The molecule has 18 heavy (non-hydrogen) atoms. The zero-order chi connectivity index (χ0) is 12.8. The molecule has 1 aromatic rings. The Labute approximate surface area is 112 Å². The predicted octanol–water partition coefficient (Wildman–Crippen LogP) is 0.483. The lowest BCUT2D eigenvalue weighted by atomic mass is 10.3. The monoisotopic (exact) mass is 289 g/mol. The molecule has 0 unspecified atom stereocenters. The first kappa shape index (κ1) is 13.9. The van der Waals surface area contributed by atoms with Crippen LogP contribution in [0.4, 0.5) is 0 Å². The van der Waals surface area contributed by atoms with E-state index in [9.17, 15) is 8.42 Å². The van der Waals surface area contributed by atoms with E-state index in [1.54, 1.807) is 4.31 Å². The van der Waals surface area contributed by atoms with E-state index in [1.165, 1.54) is 0 Å². The standard InChI is InChI=1S/C11H19N3O2S2/c15-18(16,14-4-6-17-7-5-14)8-3-13-10-11-1-2-12-9-11/h1-2,9,12-13H,3-8,10H2. The smallest absolute Gasteiger partial charge is 0.215 e. The van der Waals surface area contributed by atoms with Crippen molar-refractivity contribution in [2.45, 2.75) is 6.54 Å². The lowest BCUT2D eigenvalue weighted by Gasteiger charge is -2.25. The van der Waals surface area contributed by atoms with Crippen molar-refractivity contribution in [1.29, 1.82) is 0 Å². The Morgan fingerprint density at radius 2 is 2.17 bits per heavy atom. The Balaban J connectivity index is 1.71. The van der Waals surface area contributed by atoms with Gasteiger partial charge in [-0.3, -0.25) is 0 Å². The van der Waals surface area contributed by atoms with E-state index in [-0.39, 0.29) is 5.75 Å². The molecule has 1 aliphatic rings. The average Bonchev–Trinajstić information content (AvgIpc) is 2.89. The summed E-state index contributed by atoms with van der Waals surface area (Å²) in [5, 5.41) is 3.15. The molecule has 1 aromatic heterocycles. The molecule has 0 aromatic carbocycles. The number of aromatic amines is 1. The molecule has 2 N–H and O–H groups in total. The molecule has 102 valence electrons. The minimum atomic E-state index is -3.07. The van der Waals surface area contributed by atoms with Gasteiger partial charge in [0.2, 0.25) is 10.0 Å². The molecular formula is C11H19N3O2S2. The fourth-order valence-electron chi connectivity index (χ4n) is 1.86. The molecule has 0 spiro atoms. The topological polar surface area (TPSA) is 65.2 Å². The van der Waals surface area contributed by atoms with Crippen molar-refractivity contribution in [3.8, 4) is 0 Å². The van der Waals surface area contributed by atoms with Crippen LogP contribution in [-0.2, 0) is 16.6 Å². The molecular weight excluding hydrogens is 270 g/mol. The molecule has 7 heteroatoms. The summed E-state index contributed by atoms with van der Waals surface area (Å²) in [7, 11) is -3.07. The quantitative estimate of drug-likeness (QED) is 0.748. The number of hydrogen-bond acceptors (Lipinski definition) is 4. The molecule has 0 saturated carbocycles. The summed E-state index contributed by atoms with van der Waals surface area (Å²) in [6, 6.07) is 1.98. The third kappa shape index (κ3) is 4.01. The van der Waals surface area contributed by atoms with Crippen molar-refractivity contribution in [2.24, 2.45) is 0 Å². The maximum atomic E-state index is 12.0. The van der Waals surface area contributed by atoms with Crippen LogP contribution >= 0.6 is 11.8 Å². The Morgan fingerprint density at radius 3 is 2.83 bits per heavy atom. The number of sulfonamides is 1. The van der Waals surface area contributed by atoms with E-state index >= 15 is 0 Å². The van der Waals surface area contributed by atoms with Crippen LogP contribution in [0.1, 0.15) is 5.56 Å². The van der Waals surface area contributed by atoms with Crippen molar-refractivity contribution in [1.82, 2.24) is 14.6 Å². The third-order valence-electron chi connectivity index (χ3n) is 2.89. The van der Waals surface area contributed by atoms with Crippen LogP contribution in [0.2, 0.25) is 0 Å². The van der Waals surface area contributed by atoms with E-state index in [1.807, 2.05) is 30.2 Å². The number of thioether (sulfide) groups is 1. The van der Waals surface area contributed by atoms with Crippen LogP contribution in [0.5, 0.6) is 0 Å². The van der Waals surface area contributed by atoms with Gasteiger partial charge in [0, 0.05) is 50.1 Å². The maximum absolute atomic E-state index is 12.0. The fraction of sp³-hybridized carbons (Fsp3) is 0.636. The van der Waals surface area contributed by atoms with Crippen LogP contribution in [0.25, 0.3) is 0 Å². The van der Waals surface area contributed by atoms with E-state index in [4.69, 9.17) is 0 Å². The lowest BCUT2D eigenvalue weighted by Crippen LogP contribution is -2.41. The molecule has 5 nitrogen and oxygen atoms in total. The summed E-state index contributed by atoms with van der Waals surface area (Å²) in [6.07, 6.45) is 3.77. The molecule has 0 atom stereocenters. The summed E-state index contributed by atoms with van der Waals surface area (Å²) in [5.74, 6) is 2.01. The van der Waals surface area contributed by atoms with Crippen molar-refractivity contribution < 1.29 is 8.42 Å². The summed E-state index contributed by atoms with van der Waals surface area (Å²) < 4.78 is 25.6. The number of nitrogens with zero attached hydrogens (tertiary/aromatic N) is 1. The van der Waals surface area contributed by atoms with Gasteiger partial charge in [0.15, 0.2) is 0 Å². The third-order valence-corrected chi connectivity index (χ3v) is 5.71. The van der Waals surface area contributed by atoms with Gasteiger partial charge in [-0.1, -0.05) is 0 Å². The second-order valence-corrected chi connectivity index (χ2v) is 7.54. The summed E-state index contributed by atoms with van der Waals surface area (Å²) in [4.78, 5) is 2.97. The van der Waals surface area contributed by atoms with Gasteiger partial charge in [0.1, 0.15) is 0 Å². The minimum absolute atomic E-state index is 0.183. The first-order valence-corrected chi connectivity index (χ1v) is 8.83. The van der Waals surface area contributed by atoms with Crippen LogP contribution in [0, 0.1) is 0 Å². The van der Waals surface area contributed by atoms with E-state index < -0.39 is 10.0 Å². The summed E-state index contributed by atoms with van der Waals surface area (Å²) in [6.45, 7) is 2.52. The largest absolute Gasteiger partial charge is 0.367 e. The SMILES string of the molecule is O=S(=O)(CCNCc1cc[nH]c1)N1CCSCC1. The van der Waals surface area contributed by atoms with Crippen LogP contribution in [-0.4, -0.2) is 54.6 Å². The average molecular weight is 289 g/mol. The predicted molar refractivity (Wildman–Crippen MR) is 75.2 cm³/mol. The van der Waals surface area contributed by atoms with Gasteiger partial charge >= 0.3 is 0 Å². The lowest BCUT2D eigenvalue weighted by molar-refractivity contribution is 0.442. The van der Waals surface area contributed by atoms with Crippen LogP contribution in [0.3, 0.4) is 0 Å². The Bertz CT molecular complexity index is 439. The van der Waals surface area contributed by atoms with Crippen LogP contribution < -0.4 is 5.32 Å². The molecule has 0 radical (unpaired) electrons. The number of rotatable bonds is 6. The molecule has 1 fully saturated rings. The highest BCUT2D eigenvalue weighted by Gasteiger charge is 2.23. The molecule has 0 aliphatic carbocycles. The first-order valence-electron chi connectivity index (χ1n) is 6.06. The zero-order valence-corrected chi connectivity index (χ0v) is 11.9. The second kappa shape index (κ2) is 6.60. The van der Waals surface area contributed by atoms with Crippen molar-refractivity contribution >= 4 is 21.8 Å². The molecule has 1 aliphatic heterocycles. The number of aromatic nitrogens is 1.